The van der Waals surface area contributed by atoms with Crippen molar-refractivity contribution in [2.24, 2.45) is 0 Å². The number of para-hydroxylation sites is 2. The Morgan fingerprint density at radius 3 is 2.32 bits per heavy atom. The van der Waals surface area contributed by atoms with Crippen molar-refractivity contribution < 1.29 is 23.9 Å². The van der Waals surface area contributed by atoms with Gasteiger partial charge in [0.1, 0.15) is 22.2 Å². The zero-order valence-corrected chi connectivity index (χ0v) is 20.2. The summed E-state index contributed by atoms with van der Waals surface area (Å²) >= 11 is 9.54. The molecule has 34 heavy (non-hydrogen) atoms. The number of anilines is 2. The van der Waals surface area contributed by atoms with Crippen molar-refractivity contribution >= 4 is 56.7 Å². The highest BCUT2D eigenvalue weighted by Crippen LogP contribution is 2.35. The number of halogens is 2. The highest BCUT2D eigenvalue weighted by molar-refractivity contribution is 9.10. The predicted molar refractivity (Wildman–Crippen MR) is 132 cm³/mol. The van der Waals surface area contributed by atoms with Crippen LogP contribution in [0.5, 0.6) is 11.5 Å². The molecule has 4 rings (SSSR count). The second kappa shape index (κ2) is 10.1. The molecule has 7 nitrogen and oxygen atoms in total. The first kappa shape index (κ1) is 23.5. The monoisotopic (exact) mass is 540 g/mol. The Morgan fingerprint density at radius 2 is 1.65 bits per heavy atom. The maximum Gasteiger partial charge on any atom is 0.343 e. The van der Waals surface area contributed by atoms with Gasteiger partial charge in [-0.25, -0.2) is 9.69 Å². The van der Waals surface area contributed by atoms with Gasteiger partial charge in [-0.1, -0.05) is 39.7 Å². The van der Waals surface area contributed by atoms with E-state index in [9.17, 15) is 14.4 Å². The number of imide groups is 1. The summed E-state index contributed by atoms with van der Waals surface area (Å²) in [4.78, 5) is 39.2. The molecule has 3 aromatic carbocycles. The van der Waals surface area contributed by atoms with E-state index in [1.165, 1.54) is 0 Å². The molecule has 0 unspecified atom stereocenters. The van der Waals surface area contributed by atoms with Crippen LogP contribution in [0.4, 0.5) is 11.4 Å². The number of rotatable bonds is 7. The van der Waals surface area contributed by atoms with E-state index in [0.29, 0.717) is 35.0 Å². The lowest BCUT2D eigenvalue weighted by atomic mass is 10.2. The number of ether oxygens (including phenoxy) is 2. The van der Waals surface area contributed by atoms with Gasteiger partial charge in [0.05, 0.1) is 17.9 Å². The normalized spacial score (nSPS) is 13.3. The summed E-state index contributed by atoms with van der Waals surface area (Å²) < 4.78 is 11.8. The summed E-state index contributed by atoms with van der Waals surface area (Å²) in [6.07, 6.45) is 0. The molecule has 0 atom stereocenters. The van der Waals surface area contributed by atoms with E-state index in [1.54, 1.807) is 79.7 Å². The highest BCUT2D eigenvalue weighted by Gasteiger charge is 2.40. The Labute approximate surface area is 209 Å². The molecule has 1 N–H and O–H groups in total. The van der Waals surface area contributed by atoms with Crippen molar-refractivity contribution in [3.63, 3.8) is 0 Å². The quantitative estimate of drug-likeness (QED) is 0.241. The van der Waals surface area contributed by atoms with Crippen molar-refractivity contribution in [2.75, 3.05) is 16.8 Å². The zero-order chi connectivity index (χ0) is 24.2. The van der Waals surface area contributed by atoms with Gasteiger partial charge < -0.3 is 14.8 Å². The smallest absolute Gasteiger partial charge is 0.343 e. The number of benzene rings is 3. The molecule has 2 amide bonds. The third-order valence-corrected chi connectivity index (χ3v) is 5.73. The molecule has 0 saturated carbocycles. The second-order valence-corrected chi connectivity index (χ2v) is 8.37. The summed E-state index contributed by atoms with van der Waals surface area (Å²) in [6.45, 7) is 2.18. The van der Waals surface area contributed by atoms with Crippen LogP contribution in [-0.4, -0.2) is 24.4 Å². The number of hydrogen-bond acceptors (Lipinski definition) is 6. The van der Waals surface area contributed by atoms with Gasteiger partial charge in [0, 0.05) is 10.2 Å². The van der Waals surface area contributed by atoms with Gasteiger partial charge in [-0.2, -0.15) is 0 Å². The first-order valence-corrected chi connectivity index (χ1v) is 11.4. The van der Waals surface area contributed by atoms with Gasteiger partial charge in [0.2, 0.25) is 0 Å². The number of esters is 1. The van der Waals surface area contributed by atoms with Crippen LogP contribution in [0.25, 0.3) is 0 Å². The molecule has 3 aromatic rings. The van der Waals surface area contributed by atoms with E-state index in [2.05, 4.69) is 21.2 Å². The molecule has 1 heterocycles. The molecule has 0 spiro atoms. The molecule has 0 fully saturated rings. The number of nitrogens with one attached hydrogen (secondary N) is 1. The molecule has 0 radical (unpaired) electrons. The van der Waals surface area contributed by atoms with Crippen molar-refractivity contribution in [1.82, 2.24) is 0 Å². The molecule has 0 bridgehead atoms. The summed E-state index contributed by atoms with van der Waals surface area (Å²) in [5, 5.41) is 2.64. The lowest BCUT2D eigenvalue weighted by molar-refractivity contribution is -0.120. The Balaban J connectivity index is 1.49. The Kier molecular flexibility index (Phi) is 7.00. The van der Waals surface area contributed by atoms with Crippen molar-refractivity contribution in [1.29, 1.82) is 0 Å². The molecule has 0 saturated heterocycles. The van der Waals surface area contributed by atoms with Crippen molar-refractivity contribution in [3.8, 4) is 11.5 Å². The number of nitrogens with zero attached hydrogens (tertiary/aromatic N) is 1. The second-order valence-electron chi connectivity index (χ2n) is 7.08. The average molecular weight is 542 g/mol. The van der Waals surface area contributed by atoms with Crippen LogP contribution in [0.2, 0.25) is 0 Å². The largest absolute Gasteiger partial charge is 0.492 e. The fraction of sp³-hybridized carbons (Fsp3) is 0.0800. The predicted octanol–water partition coefficient (Wildman–Crippen LogP) is 5.50. The first-order valence-electron chi connectivity index (χ1n) is 10.2. The van der Waals surface area contributed by atoms with E-state index < -0.39 is 17.8 Å². The number of hydrogen-bond donors (Lipinski definition) is 1. The fourth-order valence-corrected chi connectivity index (χ4v) is 3.73. The molecule has 0 aromatic heterocycles. The fourth-order valence-electron chi connectivity index (χ4n) is 3.25. The van der Waals surface area contributed by atoms with Crippen molar-refractivity contribution in [2.45, 2.75) is 6.92 Å². The molecule has 9 heteroatoms. The van der Waals surface area contributed by atoms with Gasteiger partial charge in [0.25, 0.3) is 11.8 Å². The lowest BCUT2D eigenvalue weighted by Gasteiger charge is -2.18. The summed E-state index contributed by atoms with van der Waals surface area (Å²) in [6, 6.07) is 19.9. The van der Waals surface area contributed by atoms with Crippen molar-refractivity contribution in [3.05, 3.63) is 93.6 Å². The highest BCUT2D eigenvalue weighted by atomic mass is 79.9. The maximum atomic E-state index is 13.1. The molecule has 172 valence electrons. The molecular formula is C25H18BrClN2O5. The van der Waals surface area contributed by atoms with Gasteiger partial charge in [-0.05, 0) is 67.6 Å². The van der Waals surface area contributed by atoms with Crippen LogP contribution < -0.4 is 19.7 Å². The van der Waals surface area contributed by atoms with Crippen LogP contribution >= 0.6 is 27.5 Å². The molecule has 0 aliphatic carbocycles. The summed E-state index contributed by atoms with van der Waals surface area (Å²) in [5.74, 6) is -0.991. The standard InChI is InChI=1S/C25H18BrClN2O5/c1-2-33-20-6-4-3-5-19(20)29-23(30)21(27)22(24(29)31)28-17-11-7-15(8-12-17)25(32)34-18-13-9-16(26)10-14-18/h3-14,28H,2H2,1H3. The molecular weight excluding hydrogens is 524 g/mol. The minimum absolute atomic E-state index is 0.0665. The van der Waals surface area contributed by atoms with Crippen LogP contribution in [0.15, 0.2) is 88.0 Å². The first-order chi connectivity index (χ1) is 16.4. The van der Waals surface area contributed by atoms with E-state index in [4.69, 9.17) is 21.1 Å². The molecule has 1 aliphatic heterocycles. The summed E-state index contributed by atoms with van der Waals surface area (Å²) in [7, 11) is 0. The van der Waals surface area contributed by atoms with Crippen LogP contribution in [-0.2, 0) is 9.59 Å². The van der Waals surface area contributed by atoms with Gasteiger partial charge in [-0.15, -0.1) is 0 Å². The Hall–Kier alpha value is -3.62. The summed E-state index contributed by atoms with van der Waals surface area (Å²) in [5.41, 5.74) is 1.02. The minimum Gasteiger partial charge on any atom is -0.492 e. The zero-order valence-electron chi connectivity index (χ0n) is 17.9. The van der Waals surface area contributed by atoms with Crippen LogP contribution in [0.3, 0.4) is 0 Å². The van der Waals surface area contributed by atoms with E-state index in [1.807, 2.05) is 0 Å². The van der Waals surface area contributed by atoms with Gasteiger partial charge in [0.15, 0.2) is 0 Å². The maximum absolute atomic E-state index is 13.1. The Bertz CT molecular complexity index is 1290. The molecule has 1 aliphatic rings. The average Bonchev–Trinajstić information content (AvgIpc) is 3.04. The van der Waals surface area contributed by atoms with Gasteiger partial charge in [-0.3, -0.25) is 9.59 Å². The number of carbonyl (C=O) groups excluding carboxylic acids is 3. The van der Waals surface area contributed by atoms with Crippen LogP contribution in [0, 0.1) is 0 Å². The Morgan fingerprint density at radius 1 is 0.971 bits per heavy atom. The topological polar surface area (TPSA) is 84.9 Å². The lowest BCUT2D eigenvalue weighted by Crippen LogP contribution is -2.32. The minimum atomic E-state index is -0.656. The third-order valence-electron chi connectivity index (χ3n) is 4.85. The number of amides is 2. The van der Waals surface area contributed by atoms with E-state index in [0.717, 1.165) is 9.37 Å². The third kappa shape index (κ3) is 4.83. The van der Waals surface area contributed by atoms with E-state index >= 15 is 0 Å². The SMILES string of the molecule is CCOc1ccccc1N1C(=O)C(Cl)=C(Nc2ccc(C(=O)Oc3ccc(Br)cc3)cc2)C1=O. The van der Waals surface area contributed by atoms with Crippen LogP contribution in [0.1, 0.15) is 17.3 Å². The number of carbonyl (C=O) groups is 3. The van der Waals surface area contributed by atoms with Gasteiger partial charge >= 0.3 is 5.97 Å². The van der Waals surface area contributed by atoms with E-state index in [-0.39, 0.29) is 10.7 Å².